The van der Waals surface area contributed by atoms with Gasteiger partial charge in [0.15, 0.2) is 0 Å². The number of halogens is 7. The molecule has 0 aromatic carbocycles. The number of carbonyl (C=O) groups excluding carboxylic acids is 1. The van der Waals surface area contributed by atoms with Crippen molar-refractivity contribution in [2.75, 3.05) is 11.9 Å². The van der Waals surface area contributed by atoms with E-state index < -0.39 is 89.5 Å². The molecule has 1 amide bonds. The minimum absolute atomic E-state index is 0. The van der Waals surface area contributed by atoms with Gasteiger partial charge in [-0.15, -0.1) is 11.3 Å². The number of thiazole rings is 1. The number of pyridine rings is 1. The molecule has 0 aliphatic carbocycles. The van der Waals surface area contributed by atoms with Gasteiger partial charge in [0.2, 0.25) is 5.01 Å². The number of nitrogens with one attached hydrogen (secondary N) is 1. The standard InChI is InChI=1S/C20H19F7N4O3S.K.H/c1-3-11(20(25,26)27)29-12-4-9(15(21)22)10(6-28-12)14-13(30-16(35-14)18(33)34)17(32)31-7-19(23,24)5-8(31)2;;/h4,6,8,11,15H,3,5,7H2,1-2H3,(H,28,29)(H,33,34);;/q;+1;-1/t8-,11-;;/m0../s1. The van der Waals surface area contributed by atoms with E-state index in [0.29, 0.717) is 17.4 Å². The van der Waals surface area contributed by atoms with Crippen LogP contribution >= 0.6 is 11.3 Å². The number of hydrogen-bond donors (Lipinski definition) is 2. The Balaban J connectivity index is 0.00000342. The summed E-state index contributed by atoms with van der Waals surface area (Å²) < 4.78 is 94.6. The maximum atomic E-state index is 13.9. The van der Waals surface area contributed by atoms with Gasteiger partial charge in [-0.2, -0.15) is 13.2 Å². The first kappa shape index (κ1) is 30.9. The molecule has 36 heavy (non-hydrogen) atoms. The second-order valence-corrected chi connectivity index (χ2v) is 8.95. The van der Waals surface area contributed by atoms with E-state index in [1.807, 2.05) is 5.32 Å². The number of aromatic nitrogens is 2. The number of carboxylic acids is 1. The summed E-state index contributed by atoms with van der Waals surface area (Å²) in [5.74, 6) is -6.38. The van der Waals surface area contributed by atoms with Gasteiger partial charge in [0.1, 0.15) is 17.6 Å². The first-order chi connectivity index (χ1) is 16.1. The monoisotopic (exact) mass is 568 g/mol. The van der Waals surface area contributed by atoms with Gasteiger partial charge in [0, 0.05) is 29.8 Å². The van der Waals surface area contributed by atoms with Crippen LogP contribution in [0.5, 0.6) is 0 Å². The molecule has 1 fully saturated rings. The van der Waals surface area contributed by atoms with E-state index >= 15 is 0 Å². The minimum Gasteiger partial charge on any atom is -1.00 e. The molecule has 3 rings (SSSR count). The number of carboxylic acid groups (broad SMARTS) is 1. The van der Waals surface area contributed by atoms with Gasteiger partial charge < -0.3 is 16.7 Å². The van der Waals surface area contributed by atoms with E-state index in [0.717, 1.165) is 11.1 Å². The molecule has 2 N–H and O–H groups in total. The van der Waals surface area contributed by atoms with Crippen molar-refractivity contribution in [2.45, 2.75) is 57.3 Å². The summed E-state index contributed by atoms with van der Waals surface area (Å²) in [7, 11) is 0. The molecular formula is C20H20F7KN4O3S. The smallest absolute Gasteiger partial charge is 1.00 e. The van der Waals surface area contributed by atoms with E-state index in [2.05, 4.69) is 9.97 Å². The van der Waals surface area contributed by atoms with Gasteiger partial charge in [0.05, 0.1) is 11.4 Å². The van der Waals surface area contributed by atoms with Crippen molar-refractivity contribution in [3.8, 4) is 10.4 Å². The van der Waals surface area contributed by atoms with Crippen molar-refractivity contribution in [3.05, 3.63) is 28.5 Å². The summed E-state index contributed by atoms with van der Waals surface area (Å²) in [4.78, 5) is 32.3. The van der Waals surface area contributed by atoms with Crippen LogP contribution < -0.4 is 56.7 Å². The number of hydrogen-bond acceptors (Lipinski definition) is 6. The van der Waals surface area contributed by atoms with Gasteiger partial charge in [-0.25, -0.2) is 32.3 Å². The van der Waals surface area contributed by atoms with Crippen molar-refractivity contribution in [1.29, 1.82) is 0 Å². The Hall–Kier alpha value is -1.33. The summed E-state index contributed by atoms with van der Waals surface area (Å²) in [5, 5.41) is 10.7. The van der Waals surface area contributed by atoms with Crippen LogP contribution in [0.4, 0.5) is 36.6 Å². The molecule has 0 bridgehead atoms. The molecule has 0 spiro atoms. The molecular weight excluding hydrogens is 548 g/mol. The van der Waals surface area contributed by atoms with E-state index in [1.165, 1.54) is 13.8 Å². The molecule has 0 unspecified atom stereocenters. The predicted octanol–water partition coefficient (Wildman–Crippen LogP) is 2.58. The topological polar surface area (TPSA) is 95.4 Å². The van der Waals surface area contributed by atoms with Gasteiger partial charge in [-0.3, -0.25) is 4.79 Å². The molecule has 3 heterocycles. The first-order valence-corrected chi connectivity index (χ1v) is 11.0. The van der Waals surface area contributed by atoms with Gasteiger partial charge in [-0.05, 0) is 19.4 Å². The van der Waals surface area contributed by atoms with Crippen molar-refractivity contribution in [1.82, 2.24) is 14.9 Å². The molecule has 7 nitrogen and oxygen atoms in total. The van der Waals surface area contributed by atoms with E-state index in [4.69, 9.17) is 0 Å². The molecule has 0 saturated carbocycles. The van der Waals surface area contributed by atoms with E-state index in [9.17, 15) is 45.4 Å². The summed E-state index contributed by atoms with van der Waals surface area (Å²) in [6.07, 6.45) is -8.22. The quantitative estimate of drug-likeness (QED) is 0.394. The normalized spacial score (nSPS) is 18.2. The van der Waals surface area contributed by atoms with Crippen molar-refractivity contribution in [3.63, 3.8) is 0 Å². The number of amides is 1. The predicted molar refractivity (Wildman–Crippen MR) is 112 cm³/mol. The molecule has 2 aromatic rings. The third-order valence-corrected chi connectivity index (χ3v) is 6.42. The number of nitrogens with zero attached hydrogens (tertiary/aromatic N) is 3. The van der Waals surface area contributed by atoms with Crippen LogP contribution in [0.15, 0.2) is 12.3 Å². The van der Waals surface area contributed by atoms with Crippen molar-refractivity contribution < 1.29 is 98.2 Å². The van der Waals surface area contributed by atoms with Crippen LogP contribution in [0, 0.1) is 0 Å². The Morgan fingerprint density at radius 3 is 2.47 bits per heavy atom. The Bertz CT molecular complexity index is 1140. The molecule has 1 aliphatic heterocycles. The van der Waals surface area contributed by atoms with E-state index in [1.54, 1.807) is 0 Å². The molecule has 1 saturated heterocycles. The number of rotatable bonds is 7. The number of anilines is 1. The summed E-state index contributed by atoms with van der Waals surface area (Å²) in [6.45, 7) is 1.62. The van der Waals surface area contributed by atoms with Crippen molar-refractivity contribution >= 4 is 29.0 Å². The fraction of sp³-hybridized carbons (Fsp3) is 0.500. The summed E-state index contributed by atoms with van der Waals surface area (Å²) in [6, 6.07) is -2.34. The Labute approximate surface area is 248 Å². The number of alkyl halides is 7. The van der Waals surface area contributed by atoms with Crippen LogP contribution in [0.3, 0.4) is 0 Å². The largest absolute Gasteiger partial charge is 1.00 e. The van der Waals surface area contributed by atoms with Crippen LogP contribution in [0.2, 0.25) is 0 Å². The van der Waals surface area contributed by atoms with Gasteiger partial charge in [0.25, 0.3) is 18.3 Å². The van der Waals surface area contributed by atoms with Crippen LogP contribution in [0.1, 0.15) is 60.4 Å². The second kappa shape index (κ2) is 11.6. The minimum atomic E-state index is -4.68. The first-order valence-electron chi connectivity index (χ1n) is 10.2. The summed E-state index contributed by atoms with van der Waals surface area (Å²) >= 11 is 0.350. The molecule has 16 heteroatoms. The molecule has 2 aromatic heterocycles. The molecule has 2 atom stereocenters. The Morgan fingerprint density at radius 2 is 2.00 bits per heavy atom. The Kier molecular flexibility index (Phi) is 9.95. The van der Waals surface area contributed by atoms with Gasteiger partial charge >= 0.3 is 63.5 Å². The second-order valence-electron chi connectivity index (χ2n) is 7.95. The van der Waals surface area contributed by atoms with Crippen LogP contribution in [0.25, 0.3) is 10.4 Å². The van der Waals surface area contributed by atoms with Gasteiger partial charge in [-0.1, -0.05) is 6.92 Å². The number of carbonyl (C=O) groups is 2. The molecule has 194 valence electrons. The van der Waals surface area contributed by atoms with Crippen molar-refractivity contribution in [2.24, 2.45) is 0 Å². The fourth-order valence-corrected chi connectivity index (χ4v) is 4.60. The fourth-order valence-electron chi connectivity index (χ4n) is 3.67. The third-order valence-electron chi connectivity index (χ3n) is 5.34. The van der Waals surface area contributed by atoms with E-state index in [-0.39, 0.29) is 57.7 Å². The SMILES string of the molecule is CC[C@H](Nc1cc(C(F)F)c(-c2sc(C(=O)O)nc2C(=O)N2CC(F)(F)C[C@@H]2C)cn1)C(F)(F)F.[H-].[K+]. The van der Waals surface area contributed by atoms with Crippen LogP contribution in [-0.4, -0.2) is 62.6 Å². The maximum Gasteiger partial charge on any atom is 1.00 e. The Morgan fingerprint density at radius 1 is 1.36 bits per heavy atom. The molecule has 0 radical (unpaired) electrons. The maximum absolute atomic E-state index is 13.9. The molecule has 1 aliphatic rings. The average molecular weight is 569 g/mol. The average Bonchev–Trinajstić information content (AvgIpc) is 3.30. The number of aromatic carboxylic acids is 1. The zero-order valence-electron chi connectivity index (χ0n) is 20.2. The zero-order valence-corrected chi connectivity index (χ0v) is 23.1. The zero-order chi connectivity index (χ0) is 26.3. The third kappa shape index (κ3) is 6.75. The summed E-state index contributed by atoms with van der Waals surface area (Å²) in [5.41, 5.74) is -1.92. The van der Waals surface area contributed by atoms with Crippen LogP contribution in [-0.2, 0) is 0 Å². The number of likely N-dealkylation sites (tertiary alicyclic amines) is 1.